The maximum atomic E-state index is 4.62. The predicted octanol–water partition coefficient (Wildman–Crippen LogP) is 4.16. The summed E-state index contributed by atoms with van der Waals surface area (Å²) >= 11 is 1.83. The van der Waals surface area contributed by atoms with Gasteiger partial charge in [0.2, 0.25) is 0 Å². The molecule has 0 amide bonds. The molecule has 1 aliphatic carbocycles. The van der Waals surface area contributed by atoms with E-state index in [1.54, 1.807) is 6.33 Å². The van der Waals surface area contributed by atoms with Gasteiger partial charge < -0.3 is 0 Å². The van der Waals surface area contributed by atoms with E-state index in [-0.39, 0.29) is 0 Å². The van der Waals surface area contributed by atoms with Crippen molar-refractivity contribution in [3.05, 3.63) is 47.4 Å². The van der Waals surface area contributed by atoms with Crippen LogP contribution in [-0.4, -0.2) is 19.5 Å². The van der Waals surface area contributed by atoms with Crippen molar-refractivity contribution in [1.29, 1.82) is 0 Å². The first-order valence-corrected chi connectivity index (χ1v) is 8.80. The molecule has 0 bridgehead atoms. The Morgan fingerprint density at radius 2 is 2.09 bits per heavy atom. The number of nitrogens with zero attached hydrogens (tertiary/aromatic N) is 4. The van der Waals surface area contributed by atoms with Gasteiger partial charge in [-0.25, -0.2) is 15.0 Å². The Morgan fingerprint density at radius 1 is 1.17 bits per heavy atom. The molecule has 0 unspecified atom stereocenters. The summed E-state index contributed by atoms with van der Waals surface area (Å²) in [5.41, 5.74) is 3.55. The molecule has 114 valence electrons. The van der Waals surface area contributed by atoms with Gasteiger partial charge in [0.05, 0.1) is 16.4 Å². The highest BCUT2D eigenvalue weighted by atomic mass is 32.1. The van der Waals surface area contributed by atoms with Gasteiger partial charge in [-0.2, -0.15) is 0 Å². The normalized spacial score (nSPS) is 17.7. The summed E-state index contributed by atoms with van der Waals surface area (Å²) < 4.78 is 2.10. The van der Waals surface area contributed by atoms with Crippen LogP contribution in [0.25, 0.3) is 27.1 Å². The zero-order valence-electron chi connectivity index (χ0n) is 12.9. The van der Waals surface area contributed by atoms with Gasteiger partial charge in [-0.05, 0) is 42.9 Å². The minimum atomic E-state index is 0.730. The smallest absolute Gasteiger partial charge is 0.150 e. The molecule has 5 rings (SSSR count). The molecule has 0 saturated heterocycles. The predicted molar refractivity (Wildman–Crippen MR) is 93.2 cm³/mol. The molecule has 3 heterocycles. The maximum absolute atomic E-state index is 4.62. The molecule has 0 aliphatic heterocycles. The van der Waals surface area contributed by atoms with Crippen LogP contribution >= 0.6 is 11.3 Å². The molecular weight excluding hydrogens is 304 g/mol. The lowest BCUT2D eigenvalue weighted by Gasteiger charge is -2.18. The van der Waals surface area contributed by atoms with E-state index in [0.717, 1.165) is 34.0 Å². The molecule has 0 saturated carbocycles. The summed E-state index contributed by atoms with van der Waals surface area (Å²) in [4.78, 5) is 16.3. The van der Waals surface area contributed by atoms with Crippen LogP contribution in [0.1, 0.15) is 23.8 Å². The van der Waals surface area contributed by atoms with E-state index in [9.17, 15) is 0 Å². The van der Waals surface area contributed by atoms with E-state index in [1.165, 1.54) is 28.7 Å². The fourth-order valence-electron chi connectivity index (χ4n) is 3.58. The molecule has 1 aromatic carbocycles. The lowest BCUT2D eigenvalue weighted by molar-refractivity contribution is 0.508. The Morgan fingerprint density at radius 3 is 3.04 bits per heavy atom. The monoisotopic (exact) mass is 320 g/mol. The minimum absolute atomic E-state index is 0.730. The van der Waals surface area contributed by atoms with Crippen LogP contribution in [0.15, 0.2) is 36.9 Å². The van der Waals surface area contributed by atoms with E-state index in [4.69, 9.17) is 0 Å². The van der Waals surface area contributed by atoms with Crippen LogP contribution in [0.2, 0.25) is 0 Å². The summed E-state index contributed by atoms with van der Waals surface area (Å²) in [7, 11) is 0. The van der Waals surface area contributed by atoms with E-state index in [2.05, 4.69) is 32.5 Å². The fourth-order valence-corrected chi connectivity index (χ4v) is 4.75. The molecular formula is C18H16N4S. The topological polar surface area (TPSA) is 43.6 Å². The molecule has 4 nitrogen and oxygen atoms in total. The first-order valence-electron chi connectivity index (χ1n) is 7.99. The number of aryl methyl sites for hydroxylation is 1. The summed E-state index contributed by atoms with van der Waals surface area (Å²) in [6, 6.07) is 8.19. The van der Waals surface area contributed by atoms with Crippen LogP contribution in [-0.2, 0) is 12.8 Å². The van der Waals surface area contributed by atoms with Crippen LogP contribution in [0, 0.1) is 5.92 Å². The van der Waals surface area contributed by atoms with Crippen molar-refractivity contribution in [3.8, 4) is 5.82 Å². The molecule has 23 heavy (non-hydrogen) atoms. The number of rotatable bonds is 1. The Balaban J connectivity index is 1.83. The molecule has 1 atom stereocenters. The Bertz CT molecular complexity index is 1030. The van der Waals surface area contributed by atoms with Crippen molar-refractivity contribution in [3.63, 3.8) is 0 Å². The summed E-state index contributed by atoms with van der Waals surface area (Å²) in [6.45, 7) is 2.34. The molecule has 0 radical (unpaired) electrons. The van der Waals surface area contributed by atoms with Gasteiger partial charge in [0.15, 0.2) is 5.82 Å². The van der Waals surface area contributed by atoms with Gasteiger partial charge in [0, 0.05) is 4.88 Å². The molecule has 4 aromatic rings. The van der Waals surface area contributed by atoms with Crippen LogP contribution in [0.5, 0.6) is 0 Å². The van der Waals surface area contributed by atoms with Crippen LogP contribution in [0.4, 0.5) is 0 Å². The highest BCUT2D eigenvalue weighted by Crippen LogP contribution is 2.39. The maximum Gasteiger partial charge on any atom is 0.150 e. The number of aromatic nitrogens is 4. The molecule has 1 aliphatic rings. The van der Waals surface area contributed by atoms with Gasteiger partial charge in [0.1, 0.15) is 17.5 Å². The van der Waals surface area contributed by atoms with Crippen molar-refractivity contribution >= 4 is 32.6 Å². The minimum Gasteiger partial charge on any atom is -0.282 e. The quantitative estimate of drug-likeness (QED) is 0.529. The number of para-hydroxylation sites is 2. The van der Waals surface area contributed by atoms with E-state index in [1.807, 2.05) is 35.9 Å². The summed E-state index contributed by atoms with van der Waals surface area (Å²) in [5, 5.41) is 1.22. The lowest BCUT2D eigenvalue weighted by atomic mass is 9.88. The molecule has 0 N–H and O–H groups in total. The molecule has 0 spiro atoms. The van der Waals surface area contributed by atoms with Gasteiger partial charge in [-0.1, -0.05) is 19.1 Å². The number of benzene rings is 1. The second kappa shape index (κ2) is 4.86. The SMILES string of the molecule is C[C@@H]1CCc2sc3ncnc(-n4cnc5ccccc54)c3c2C1. The van der Waals surface area contributed by atoms with Gasteiger partial charge >= 0.3 is 0 Å². The number of hydrogen-bond acceptors (Lipinski definition) is 4. The van der Waals surface area contributed by atoms with E-state index in [0.29, 0.717) is 0 Å². The Hall–Kier alpha value is -2.27. The highest BCUT2D eigenvalue weighted by molar-refractivity contribution is 7.18. The van der Waals surface area contributed by atoms with Crippen LogP contribution < -0.4 is 0 Å². The standard InChI is InChI=1S/C18H16N4S/c1-11-6-7-15-12(8-11)16-17(19-9-20-18(16)23-15)22-10-21-13-4-2-3-5-14(13)22/h2-5,9-11H,6-8H2,1H3/t11-/m1/s1. The van der Waals surface area contributed by atoms with E-state index >= 15 is 0 Å². The van der Waals surface area contributed by atoms with Crippen molar-refractivity contribution in [2.45, 2.75) is 26.2 Å². The van der Waals surface area contributed by atoms with Gasteiger partial charge in [-0.15, -0.1) is 11.3 Å². The van der Waals surface area contributed by atoms with E-state index < -0.39 is 0 Å². The second-order valence-corrected chi connectivity index (χ2v) is 7.42. The summed E-state index contributed by atoms with van der Waals surface area (Å²) in [5.74, 6) is 1.70. The Labute approximate surface area is 137 Å². The first-order chi connectivity index (χ1) is 11.3. The molecule has 3 aromatic heterocycles. The average Bonchev–Trinajstić information content (AvgIpc) is 3.15. The summed E-state index contributed by atoms with van der Waals surface area (Å²) in [6.07, 6.45) is 7.13. The average molecular weight is 320 g/mol. The lowest BCUT2D eigenvalue weighted by Crippen LogP contribution is -2.09. The number of thiophene rings is 1. The number of imidazole rings is 1. The fraction of sp³-hybridized carbons (Fsp3) is 0.278. The Kier molecular flexibility index (Phi) is 2.79. The molecule has 5 heteroatoms. The number of fused-ring (bicyclic) bond motifs is 4. The third-order valence-corrected chi connectivity index (χ3v) is 5.95. The zero-order valence-corrected chi connectivity index (χ0v) is 13.7. The van der Waals surface area contributed by atoms with Crippen molar-refractivity contribution in [2.75, 3.05) is 0 Å². The van der Waals surface area contributed by atoms with Crippen molar-refractivity contribution < 1.29 is 0 Å². The first kappa shape index (κ1) is 13.2. The zero-order chi connectivity index (χ0) is 15.4. The third kappa shape index (κ3) is 1.93. The van der Waals surface area contributed by atoms with Gasteiger partial charge in [0.25, 0.3) is 0 Å². The highest BCUT2D eigenvalue weighted by Gasteiger charge is 2.24. The largest absolute Gasteiger partial charge is 0.282 e. The van der Waals surface area contributed by atoms with Crippen molar-refractivity contribution in [2.24, 2.45) is 5.92 Å². The molecule has 0 fully saturated rings. The second-order valence-electron chi connectivity index (χ2n) is 6.33. The van der Waals surface area contributed by atoms with Gasteiger partial charge in [-0.3, -0.25) is 4.57 Å². The van der Waals surface area contributed by atoms with Crippen molar-refractivity contribution in [1.82, 2.24) is 19.5 Å². The van der Waals surface area contributed by atoms with Crippen LogP contribution in [0.3, 0.4) is 0 Å². The number of hydrogen-bond donors (Lipinski definition) is 0. The third-order valence-electron chi connectivity index (χ3n) is 4.75.